The average Bonchev–Trinajstić information content (AvgIpc) is 3.65. The zero-order valence-electron chi connectivity index (χ0n) is 22.1. The lowest BCUT2D eigenvalue weighted by molar-refractivity contribution is -0.110. The summed E-state index contributed by atoms with van der Waals surface area (Å²) in [5.74, 6) is 0.882. The number of likely N-dealkylation sites (tertiary alicyclic amines) is 1. The Labute approximate surface area is 223 Å². The molecule has 1 fully saturated rings. The second-order valence-electron chi connectivity index (χ2n) is 9.75. The fourth-order valence-electron chi connectivity index (χ4n) is 5.29. The van der Waals surface area contributed by atoms with Crippen molar-refractivity contribution < 1.29 is 19.1 Å². The van der Waals surface area contributed by atoms with Crippen LogP contribution in [0.3, 0.4) is 0 Å². The Bertz CT molecular complexity index is 1380. The van der Waals surface area contributed by atoms with Crippen LogP contribution >= 0.6 is 0 Å². The van der Waals surface area contributed by atoms with Gasteiger partial charge in [-0.1, -0.05) is 18.2 Å². The summed E-state index contributed by atoms with van der Waals surface area (Å²) in [6, 6.07) is 13.3. The monoisotopic (exact) mass is 514 g/mol. The minimum absolute atomic E-state index is 0.144. The number of carbonyl (C=O) groups excluding carboxylic acids is 2. The molecule has 0 bridgehead atoms. The maximum atomic E-state index is 13.1. The molecule has 0 aliphatic carbocycles. The predicted octanol–water partition coefficient (Wildman–Crippen LogP) is 4.72. The number of nitrogens with one attached hydrogen (secondary N) is 3. The number of aromatic amines is 1. The lowest BCUT2D eigenvalue weighted by atomic mass is 9.94. The second-order valence-corrected chi connectivity index (χ2v) is 9.75. The van der Waals surface area contributed by atoms with Crippen molar-refractivity contribution in [3.63, 3.8) is 0 Å². The average molecular weight is 515 g/mol. The molecule has 0 unspecified atom stereocenters. The smallest absolute Gasteiger partial charge is 0.256 e. The van der Waals surface area contributed by atoms with Gasteiger partial charge in [0.25, 0.3) is 11.8 Å². The predicted molar refractivity (Wildman–Crippen MR) is 150 cm³/mol. The van der Waals surface area contributed by atoms with Crippen LogP contribution in [0.1, 0.15) is 46.6 Å². The zero-order chi connectivity index (χ0) is 26.6. The molecule has 2 aliphatic heterocycles. The highest BCUT2D eigenvalue weighted by molar-refractivity contribution is 6.36. The third-order valence-electron chi connectivity index (χ3n) is 7.17. The van der Waals surface area contributed by atoms with Crippen LogP contribution < -0.4 is 20.1 Å². The highest BCUT2D eigenvalue weighted by atomic mass is 16.5. The molecule has 3 N–H and O–H groups in total. The van der Waals surface area contributed by atoms with Gasteiger partial charge in [0.05, 0.1) is 31.1 Å². The summed E-state index contributed by atoms with van der Waals surface area (Å²) < 4.78 is 10.9. The largest absolute Gasteiger partial charge is 0.493 e. The van der Waals surface area contributed by atoms with E-state index in [0.29, 0.717) is 34.9 Å². The number of hydrogen-bond acceptors (Lipinski definition) is 5. The number of aryl methyl sites for hydroxylation is 1. The quantitative estimate of drug-likeness (QED) is 0.284. The van der Waals surface area contributed by atoms with E-state index in [1.165, 1.54) is 12.8 Å². The number of nitrogens with zero attached hydrogens (tertiary/aromatic N) is 1. The number of fused-ring (bicyclic) bond motifs is 1. The Morgan fingerprint density at radius 2 is 1.87 bits per heavy atom. The fourth-order valence-corrected chi connectivity index (χ4v) is 5.29. The molecule has 2 aromatic carbocycles. The van der Waals surface area contributed by atoms with E-state index in [1.54, 1.807) is 20.3 Å². The Morgan fingerprint density at radius 3 is 2.63 bits per heavy atom. The third-order valence-corrected chi connectivity index (χ3v) is 7.17. The summed E-state index contributed by atoms with van der Waals surface area (Å²) in [5, 5.41) is 6.02. The highest BCUT2D eigenvalue weighted by Crippen LogP contribution is 2.42. The van der Waals surface area contributed by atoms with Crippen molar-refractivity contribution in [1.29, 1.82) is 0 Å². The van der Waals surface area contributed by atoms with E-state index >= 15 is 0 Å². The number of carbonyl (C=O) groups is 2. The van der Waals surface area contributed by atoms with Crippen molar-refractivity contribution in [2.24, 2.45) is 0 Å². The Morgan fingerprint density at radius 1 is 1.08 bits per heavy atom. The van der Waals surface area contributed by atoms with Crippen LogP contribution in [0, 0.1) is 6.92 Å². The number of H-pyrrole nitrogens is 1. The summed E-state index contributed by atoms with van der Waals surface area (Å²) in [7, 11) is 3.20. The number of aromatic nitrogens is 1. The highest BCUT2D eigenvalue weighted by Gasteiger charge is 2.28. The summed E-state index contributed by atoms with van der Waals surface area (Å²) in [6.45, 7) is 5.82. The maximum absolute atomic E-state index is 13.1. The van der Waals surface area contributed by atoms with Gasteiger partial charge >= 0.3 is 0 Å². The van der Waals surface area contributed by atoms with Gasteiger partial charge in [0.2, 0.25) is 0 Å². The minimum Gasteiger partial charge on any atom is -0.493 e. The molecule has 3 aromatic rings. The molecular formula is C30H34N4O4. The zero-order valence-corrected chi connectivity index (χ0v) is 22.1. The van der Waals surface area contributed by atoms with Gasteiger partial charge in [0, 0.05) is 23.5 Å². The lowest BCUT2D eigenvalue weighted by Crippen LogP contribution is -2.28. The molecule has 5 rings (SSSR count). The molecule has 8 nitrogen and oxygen atoms in total. The van der Waals surface area contributed by atoms with Crippen LogP contribution in [-0.2, 0) is 4.79 Å². The van der Waals surface area contributed by atoms with E-state index in [1.807, 2.05) is 49.4 Å². The van der Waals surface area contributed by atoms with Crippen LogP contribution in [0.15, 0.2) is 42.5 Å². The summed E-state index contributed by atoms with van der Waals surface area (Å²) in [4.78, 5) is 31.9. The molecule has 38 heavy (non-hydrogen) atoms. The van der Waals surface area contributed by atoms with Crippen LogP contribution in [0.25, 0.3) is 22.8 Å². The van der Waals surface area contributed by atoms with E-state index in [0.717, 1.165) is 54.1 Å². The van der Waals surface area contributed by atoms with Gasteiger partial charge in [-0.2, -0.15) is 0 Å². The third kappa shape index (κ3) is 5.17. The van der Waals surface area contributed by atoms with Gasteiger partial charge in [-0.25, -0.2) is 0 Å². The molecule has 0 radical (unpaired) electrons. The van der Waals surface area contributed by atoms with Gasteiger partial charge in [0.1, 0.15) is 0 Å². The standard InChI is InChI=1S/C30H34N4O4/c1-19-16-22(29(35)31-12-7-15-34-13-4-5-14-34)25(32-19)18-23-28-21(8-6-9-24(28)33-30(23)36)20-10-11-26(37-2)27(17-20)38-3/h6,8-11,16-18,32H,4-5,7,12-15H2,1-3H3,(H,31,35)(H,33,36)/b23-18-. The number of amides is 2. The first-order chi connectivity index (χ1) is 18.5. The topological polar surface area (TPSA) is 95.7 Å². The molecule has 8 heteroatoms. The Kier molecular flexibility index (Phi) is 7.51. The number of rotatable bonds is 9. The SMILES string of the molecule is COc1ccc(-c2cccc3c2/C(=C/c2[nH]c(C)cc2C(=O)NCCCN2CCCC2)C(=O)N3)cc1OC. The van der Waals surface area contributed by atoms with Crippen molar-refractivity contribution in [1.82, 2.24) is 15.2 Å². The van der Waals surface area contributed by atoms with Gasteiger partial charge in [0.15, 0.2) is 11.5 Å². The molecule has 3 heterocycles. The van der Waals surface area contributed by atoms with Crippen molar-refractivity contribution in [2.75, 3.05) is 45.7 Å². The van der Waals surface area contributed by atoms with Crippen LogP contribution in [0.2, 0.25) is 0 Å². The van der Waals surface area contributed by atoms with Gasteiger partial charge in [-0.3, -0.25) is 9.59 Å². The normalized spacial score (nSPS) is 16.0. The Balaban J connectivity index is 1.43. The molecular weight excluding hydrogens is 480 g/mol. The van der Waals surface area contributed by atoms with Crippen LogP contribution in [0.4, 0.5) is 5.69 Å². The summed E-state index contributed by atoms with van der Waals surface area (Å²) in [5.41, 5.74) is 5.77. The molecule has 2 amide bonds. The van der Waals surface area contributed by atoms with Crippen molar-refractivity contribution in [3.05, 3.63) is 65.0 Å². The number of methoxy groups -OCH3 is 2. The van der Waals surface area contributed by atoms with Gasteiger partial charge < -0.3 is 30.0 Å². The number of hydrogen-bond donors (Lipinski definition) is 3. The summed E-state index contributed by atoms with van der Waals surface area (Å²) >= 11 is 0. The van der Waals surface area contributed by atoms with Gasteiger partial charge in [-0.15, -0.1) is 0 Å². The van der Waals surface area contributed by atoms with E-state index in [9.17, 15) is 9.59 Å². The number of benzene rings is 2. The molecule has 0 atom stereocenters. The van der Waals surface area contributed by atoms with E-state index < -0.39 is 0 Å². The fraction of sp³-hybridized carbons (Fsp3) is 0.333. The molecule has 1 aromatic heterocycles. The van der Waals surface area contributed by atoms with Crippen molar-refractivity contribution in [2.45, 2.75) is 26.2 Å². The molecule has 0 saturated carbocycles. The molecule has 1 saturated heterocycles. The first-order valence-corrected chi connectivity index (χ1v) is 13.1. The molecule has 2 aliphatic rings. The van der Waals surface area contributed by atoms with E-state index in [-0.39, 0.29) is 11.8 Å². The lowest BCUT2D eigenvalue weighted by Gasteiger charge is -2.14. The molecule has 0 spiro atoms. The molecule has 198 valence electrons. The minimum atomic E-state index is -0.211. The maximum Gasteiger partial charge on any atom is 0.256 e. The van der Waals surface area contributed by atoms with Crippen molar-refractivity contribution >= 4 is 29.2 Å². The van der Waals surface area contributed by atoms with E-state index in [2.05, 4.69) is 20.5 Å². The Hall–Kier alpha value is -4.04. The van der Waals surface area contributed by atoms with E-state index in [4.69, 9.17) is 9.47 Å². The summed E-state index contributed by atoms with van der Waals surface area (Å²) in [6.07, 6.45) is 5.21. The van der Waals surface area contributed by atoms with Gasteiger partial charge in [-0.05, 0) is 87.3 Å². The van der Waals surface area contributed by atoms with Crippen molar-refractivity contribution in [3.8, 4) is 22.6 Å². The first-order valence-electron chi connectivity index (χ1n) is 13.1. The second kappa shape index (κ2) is 11.1. The number of anilines is 1. The first kappa shape index (κ1) is 25.6. The number of ether oxygens (including phenoxy) is 2. The van der Waals surface area contributed by atoms with Crippen LogP contribution in [0.5, 0.6) is 11.5 Å². The van der Waals surface area contributed by atoms with Crippen LogP contribution in [-0.4, -0.2) is 62.1 Å².